The molecule has 0 aliphatic heterocycles. The number of nitrogens with one attached hydrogen (secondary N) is 1. The van der Waals surface area contributed by atoms with Crippen LogP contribution in [0.2, 0.25) is 0 Å². The van der Waals surface area contributed by atoms with Gasteiger partial charge in [-0.2, -0.15) is 0 Å². The van der Waals surface area contributed by atoms with Crippen LogP contribution in [-0.4, -0.2) is 20.4 Å². The van der Waals surface area contributed by atoms with Crippen molar-refractivity contribution in [2.24, 2.45) is 28.9 Å². The third kappa shape index (κ3) is 2.99. The summed E-state index contributed by atoms with van der Waals surface area (Å²) in [6.07, 6.45) is 7.49. The summed E-state index contributed by atoms with van der Waals surface area (Å²) >= 11 is 0. The molecule has 1 aromatic rings. The lowest BCUT2D eigenvalue weighted by atomic mass is 9.48. The van der Waals surface area contributed by atoms with Gasteiger partial charge < -0.3 is 5.73 Å². The van der Waals surface area contributed by atoms with Crippen molar-refractivity contribution >= 4 is 15.9 Å². The molecular weight excluding hydrogens is 336 g/mol. The highest BCUT2D eigenvalue weighted by atomic mass is 32.2. The summed E-state index contributed by atoms with van der Waals surface area (Å²) in [6.45, 7) is 2.03. The fraction of sp³-hybridized carbons (Fsp3) is 0.632. The van der Waals surface area contributed by atoms with E-state index in [9.17, 15) is 13.2 Å². The fourth-order valence-corrected chi connectivity index (χ4v) is 7.28. The molecule has 6 heteroatoms. The Morgan fingerprint density at radius 1 is 1.08 bits per heavy atom. The van der Waals surface area contributed by atoms with Crippen LogP contribution < -0.4 is 10.5 Å². The van der Waals surface area contributed by atoms with Crippen molar-refractivity contribution in [3.63, 3.8) is 0 Å². The predicted molar refractivity (Wildman–Crippen MR) is 95.3 cm³/mol. The molecule has 0 spiro atoms. The molecule has 4 saturated carbocycles. The van der Waals surface area contributed by atoms with Crippen LogP contribution in [0.15, 0.2) is 29.2 Å². The molecule has 4 bridgehead atoms. The van der Waals surface area contributed by atoms with Gasteiger partial charge in [0.25, 0.3) is 0 Å². The van der Waals surface area contributed by atoms with Crippen molar-refractivity contribution in [2.75, 3.05) is 0 Å². The molecule has 4 fully saturated rings. The molecule has 1 unspecified atom stereocenters. The number of carbonyl (C=O) groups excluding carboxylic acids is 1. The molecule has 5 nitrogen and oxygen atoms in total. The number of hydrogen-bond acceptors (Lipinski definition) is 3. The molecule has 3 N–H and O–H groups in total. The molecule has 1 atom stereocenters. The Kier molecular flexibility index (Phi) is 3.96. The number of primary amides is 1. The lowest BCUT2D eigenvalue weighted by Crippen LogP contribution is -2.55. The van der Waals surface area contributed by atoms with Crippen LogP contribution in [0.25, 0.3) is 0 Å². The van der Waals surface area contributed by atoms with Gasteiger partial charge in [0.2, 0.25) is 15.9 Å². The van der Waals surface area contributed by atoms with Crippen LogP contribution in [0.1, 0.15) is 55.8 Å². The first-order valence-corrected chi connectivity index (χ1v) is 10.7. The maximum atomic E-state index is 12.8. The number of rotatable bonds is 5. The van der Waals surface area contributed by atoms with Crippen molar-refractivity contribution in [1.29, 1.82) is 0 Å². The Morgan fingerprint density at radius 3 is 2.00 bits per heavy atom. The molecule has 0 saturated heterocycles. The zero-order chi connectivity index (χ0) is 17.8. The molecule has 0 aromatic heterocycles. The zero-order valence-corrected chi connectivity index (χ0v) is 15.4. The lowest BCUT2D eigenvalue weighted by molar-refractivity contribution is -0.0666. The van der Waals surface area contributed by atoms with Crippen LogP contribution in [0.5, 0.6) is 0 Å². The summed E-state index contributed by atoms with van der Waals surface area (Å²) < 4.78 is 28.5. The van der Waals surface area contributed by atoms with E-state index in [4.69, 9.17) is 5.73 Å². The van der Waals surface area contributed by atoms with Crippen molar-refractivity contribution in [3.8, 4) is 0 Å². The quantitative estimate of drug-likeness (QED) is 0.844. The molecule has 5 rings (SSSR count). The number of carbonyl (C=O) groups is 1. The highest BCUT2D eigenvalue weighted by Gasteiger charge is 2.53. The summed E-state index contributed by atoms with van der Waals surface area (Å²) in [7, 11) is -3.60. The topological polar surface area (TPSA) is 89.3 Å². The number of benzene rings is 1. The minimum absolute atomic E-state index is 0.0679. The fourth-order valence-electron chi connectivity index (χ4n) is 5.93. The van der Waals surface area contributed by atoms with Crippen molar-refractivity contribution in [3.05, 3.63) is 29.8 Å². The van der Waals surface area contributed by atoms with Gasteiger partial charge in [-0.05, 0) is 92.9 Å². The van der Waals surface area contributed by atoms with Gasteiger partial charge in [0.1, 0.15) is 0 Å². The van der Waals surface area contributed by atoms with Crippen molar-refractivity contribution in [1.82, 2.24) is 4.72 Å². The summed E-state index contributed by atoms with van der Waals surface area (Å²) in [5.74, 6) is 1.80. The van der Waals surface area contributed by atoms with E-state index in [-0.39, 0.29) is 16.4 Å². The van der Waals surface area contributed by atoms with Gasteiger partial charge in [-0.15, -0.1) is 0 Å². The number of hydrogen-bond donors (Lipinski definition) is 2. The van der Waals surface area contributed by atoms with E-state index in [1.807, 2.05) is 6.92 Å². The molecule has 1 aromatic carbocycles. The molecule has 136 valence electrons. The smallest absolute Gasteiger partial charge is 0.248 e. The van der Waals surface area contributed by atoms with Crippen LogP contribution >= 0.6 is 0 Å². The molecule has 0 heterocycles. The Morgan fingerprint density at radius 2 is 1.56 bits per heavy atom. The number of nitrogens with two attached hydrogens (primary N) is 1. The maximum absolute atomic E-state index is 12.8. The first-order chi connectivity index (χ1) is 11.8. The molecule has 4 aliphatic rings. The van der Waals surface area contributed by atoms with E-state index in [0.717, 1.165) is 37.0 Å². The Labute approximate surface area is 149 Å². The Hall–Kier alpha value is -1.40. The van der Waals surface area contributed by atoms with Gasteiger partial charge in [-0.1, -0.05) is 0 Å². The average molecular weight is 362 g/mol. The normalized spacial score (nSPS) is 34.8. The average Bonchev–Trinajstić information content (AvgIpc) is 2.53. The SMILES string of the molecule is CC(NS(=O)(=O)c1ccc(C(N)=O)cc1)C12CC3CC(CC(C3)C1)C2. The van der Waals surface area contributed by atoms with E-state index in [1.165, 1.54) is 43.5 Å². The molecule has 1 amide bonds. The molecule has 25 heavy (non-hydrogen) atoms. The zero-order valence-electron chi connectivity index (χ0n) is 14.6. The van der Waals surface area contributed by atoms with Crippen LogP contribution in [0, 0.1) is 23.2 Å². The standard InChI is InChI=1S/C19H26N2O3S/c1-12(19-9-13-6-14(10-19)8-15(7-13)11-19)21-25(23,24)17-4-2-16(3-5-17)18(20)22/h2-5,12-15,21H,6-11H2,1H3,(H2,20,22). The first-order valence-electron chi connectivity index (χ1n) is 9.20. The largest absolute Gasteiger partial charge is 0.366 e. The van der Waals surface area contributed by atoms with Crippen LogP contribution in [0.4, 0.5) is 0 Å². The second-order valence-corrected chi connectivity index (χ2v) is 10.2. The van der Waals surface area contributed by atoms with Gasteiger partial charge in [-0.3, -0.25) is 4.79 Å². The summed E-state index contributed by atoms with van der Waals surface area (Å²) in [4.78, 5) is 11.3. The van der Waals surface area contributed by atoms with Gasteiger partial charge in [-0.25, -0.2) is 13.1 Å². The monoisotopic (exact) mass is 362 g/mol. The Bertz CT molecular complexity index is 750. The third-order valence-corrected chi connectivity index (χ3v) is 8.34. The molecule has 0 radical (unpaired) electrons. The van der Waals surface area contributed by atoms with Gasteiger partial charge in [0.15, 0.2) is 0 Å². The summed E-state index contributed by atoms with van der Waals surface area (Å²) in [5, 5.41) is 0. The highest BCUT2D eigenvalue weighted by Crippen LogP contribution is 2.61. The van der Waals surface area contributed by atoms with Gasteiger partial charge in [0.05, 0.1) is 4.90 Å². The van der Waals surface area contributed by atoms with E-state index in [0.29, 0.717) is 5.56 Å². The number of sulfonamides is 1. The van der Waals surface area contributed by atoms with E-state index < -0.39 is 15.9 Å². The highest BCUT2D eigenvalue weighted by molar-refractivity contribution is 7.89. The number of amides is 1. The summed E-state index contributed by atoms with van der Waals surface area (Å²) in [5.41, 5.74) is 5.65. The second kappa shape index (κ2) is 5.81. The third-order valence-electron chi connectivity index (χ3n) is 6.79. The van der Waals surface area contributed by atoms with Gasteiger partial charge in [0, 0.05) is 11.6 Å². The van der Waals surface area contributed by atoms with E-state index in [2.05, 4.69) is 4.72 Å². The first kappa shape index (κ1) is 17.0. The summed E-state index contributed by atoms with van der Waals surface area (Å²) in [6, 6.07) is 5.77. The van der Waals surface area contributed by atoms with Crippen LogP contribution in [0.3, 0.4) is 0 Å². The molecular formula is C19H26N2O3S. The lowest BCUT2D eigenvalue weighted by Gasteiger charge is -2.59. The van der Waals surface area contributed by atoms with Gasteiger partial charge >= 0.3 is 0 Å². The minimum Gasteiger partial charge on any atom is -0.366 e. The minimum atomic E-state index is -3.60. The second-order valence-electron chi connectivity index (χ2n) is 8.51. The predicted octanol–water partition coefficient (Wildman–Crippen LogP) is 2.67. The molecule has 4 aliphatic carbocycles. The van der Waals surface area contributed by atoms with Crippen LogP contribution in [-0.2, 0) is 10.0 Å². The van der Waals surface area contributed by atoms with E-state index >= 15 is 0 Å². The van der Waals surface area contributed by atoms with Crippen molar-refractivity contribution in [2.45, 2.75) is 56.4 Å². The van der Waals surface area contributed by atoms with E-state index in [1.54, 1.807) is 0 Å². The van der Waals surface area contributed by atoms with Crippen molar-refractivity contribution < 1.29 is 13.2 Å². The maximum Gasteiger partial charge on any atom is 0.248 e. The Balaban J connectivity index is 1.53.